The smallest absolute Gasteiger partial charge is 0.430 e. The number of ether oxygens (including phenoxy) is 8. The van der Waals surface area contributed by atoms with Gasteiger partial charge in [0.2, 0.25) is 0 Å². The average molecular weight is 625 g/mol. The van der Waals surface area contributed by atoms with Crippen molar-refractivity contribution >= 4 is 36.2 Å². The van der Waals surface area contributed by atoms with E-state index in [4.69, 9.17) is 37.9 Å². The van der Waals surface area contributed by atoms with Gasteiger partial charge in [0, 0.05) is 27.2 Å². The van der Waals surface area contributed by atoms with Gasteiger partial charge in [-0.1, -0.05) is 36.4 Å². The number of carbonyl (C=O) groups is 6. The van der Waals surface area contributed by atoms with Crippen molar-refractivity contribution in [3.8, 4) is 34.5 Å². The van der Waals surface area contributed by atoms with Crippen molar-refractivity contribution in [1.29, 1.82) is 0 Å². The van der Waals surface area contributed by atoms with Gasteiger partial charge in [-0.25, -0.2) is 9.59 Å². The molecule has 0 aliphatic heterocycles. The van der Waals surface area contributed by atoms with Crippen LogP contribution >= 0.6 is 0 Å². The van der Waals surface area contributed by atoms with Gasteiger partial charge < -0.3 is 37.9 Å². The summed E-state index contributed by atoms with van der Waals surface area (Å²) >= 11 is 0. The van der Waals surface area contributed by atoms with Crippen LogP contribution in [0, 0.1) is 0 Å². The molecule has 3 rings (SSSR count). The lowest BCUT2D eigenvalue weighted by atomic mass is 10.2. The first kappa shape index (κ1) is 33.6. The van der Waals surface area contributed by atoms with E-state index < -0.39 is 48.9 Å². The van der Waals surface area contributed by atoms with E-state index >= 15 is 0 Å². The van der Waals surface area contributed by atoms with Crippen molar-refractivity contribution in [2.75, 3.05) is 6.61 Å². The maximum Gasteiger partial charge on any atom is 0.514 e. The monoisotopic (exact) mass is 624 g/mol. The Balaban J connectivity index is 1.68. The minimum absolute atomic E-state index is 0.0151. The van der Waals surface area contributed by atoms with Crippen LogP contribution in [0.25, 0.3) is 0 Å². The molecule has 0 aliphatic carbocycles. The summed E-state index contributed by atoms with van der Waals surface area (Å²) in [5, 5.41) is 0. The molecule has 14 nitrogen and oxygen atoms in total. The molecule has 0 fully saturated rings. The molecule has 3 aromatic carbocycles. The third kappa shape index (κ3) is 11.7. The van der Waals surface area contributed by atoms with Crippen LogP contribution in [-0.4, -0.2) is 48.9 Å². The van der Waals surface area contributed by atoms with Crippen LogP contribution in [0.4, 0.5) is 9.59 Å². The molecular weight excluding hydrogens is 596 g/mol. The lowest BCUT2D eigenvalue weighted by Gasteiger charge is -2.18. The zero-order chi connectivity index (χ0) is 32.8. The molecule has 3 aromatic rings. The van der Waals surface area contributed by atoms with E-state index in [1.54, 1.807) is 24.3 Å². The van der Waals surface area contributed by atoms with Gasteiger partial charge in [0.1, 0.15) is 12.7 Å². The Bertz CT molecular complexity index is 1470. The Morgan fingerprint density at radius 2 is 0.867 bits per heavy atom. The molecule has 0 aromatic heterocycles. The van der Waals surface area contributed by atoms with E-state index in [0.29, 0.717) is 0 Å². The molecule has 0 radical (unpaired) electrons. The minimum atomic E-state index is -1.27. The first-order valence-corrected chi connectivity index (χ1v) is 13.3. The minimum Gasteiger partial charge on any atom is -0.430 e. The van der Waals surface area contributed by atoms with Gasteiger partial charge in [-0.15, -0.1) is 0 Å². The second-order valence-electron chi connectivity index (χ2n) is 8.89. The highest BCUT2D eigenvalue weighted by Gasteiger charge is 2.23. The van der Waals surface area contributed by atoms with Gasteiger partial charge in [0.15, 0.2) is 34.5 Å². The first-order valence-electron chi connectivity index (χ1n) is 13.3. The summed E-state index contributed by atoms with van der Waals surface area (Å²) in [5.41, 5.74) is 0. The largest absolute Gasteiger partial charge is 0.514 e. The fourth-order valence-electron chi connectivity index (χ4n) is 3.48. The van der Waals surface area contributed by atoms with Crippen molar-refractivity contribution in [3.63, 3.8) is 0 Å². The zero-order valence-electron chi connectivity index (χ0n) is 24.3. The van der Waals surface area contributed by atoms with Crippen LogP contribution in [0.3, 0.4) is 0 Å². The predicted octanol–water partition coefficient (Wildman–Crippen LogP) is 4.95. The highest BCUT2D eigenvalue weighted by atomic mass is 16.8. The molecule has 45 heavy (non-hydrogen) atoms. The maximum atomic E-state index is 12.7. The number of benzene rings is 3. The fourth-order valence-corrected chi connectivity index (χ4v) is 3.48. The van der Waals surface area contributed by atoms with Crippen molar-refractivity contribution in [2.45, 2.75) is 39.7 Å². The molecule has 1 atom stereocenters. The van der Waals surface area contributed by atoms with Crippen molar-refractivity contribution in [3.05, 3.63) is 72.8 Å². The van der Waals surface area contributed by atoms with Gasteiger partial charge in [0.05, 0.1) is 0 Å². The van der Waals surface area contributed by atoms with Crippen molar-refractivity contribution < 1.29 is 66.7 Å². The maximum absolute atomic E-state index is 12.7. The zero-order valence-corrected chi connectivity index (χ0v) is 24.3. The van der Waals surface area contributed by atoms with Crippen LogP contribution in [0.5, 0.6) is 34.5 Å². The van der Waals surface area contributed by atoms with Crippen molar-refractivity contribution in [2.24, 2.45) is 0 Å². The second kappa shape index (κ2) is 16.6. The molecule has 236 valence electrons. The van der Waals surface area contributed by atoms with Gasteiger partial charge in [0.25, 0.3) is 0 Å². The van der Waals surface area contributed by atoms with E-state index in [2.05, 4.69) is 0 Å². The van der Waals surface area contributed by atoms with Crippen LogP contribution in [-0.2, 0) is 28.7 Å². The highest BCUT2D eigenvalue weighted by molar-refractivity contribution is 5.75. The first-order chi connectivity index (χ1) is 21.5. The van der Waals surface area contributed by atoms with Crippen LogP contribution in [0.2, 0.25) is 0 Å². The highest BCUT2D eigenvalue weighted by Crippen LogP contribution is 2.29. The molecular formula is C31H28O14. The summed E-state index contributed by atoms with van der Waals surface area (Å²) < 4.78 is 41.0. The third-order valence-electron chi connectivity index (χ3n) is 5.24. The number of esters is 4. The van der Waals surface area contributed by atoms with Gasteiger partial charge in [-0.05, 0) is 42.8 Å². The SMILES string of the molecule is CC(=O)Oc1ccccc1OC(=O)CCC(COC(=O)Oc1ccccc1OC(C)=O)OC(=O)Oc1ccccc1OC(C)=O. The second-order valence-corrected chi connectivity index (χ2v) is 8.89. The summed E-state index contributed by atoms with van der Waals surface area (Å²) in [4.78, 5) is 71.8. The van der Waals surface area contributed by atoms with E-state index in [1.165, 1.54) is 62.4 Å². The summed E-state index contributed by atoms with van der Waals surface area (Å²) in [6.45, 7) is 2.91. The summed E-state index contributed by atoms with van der Waals surface area (Å²) in [6, 6.07) is 17.6. The van der Waals surface area contributed by atoms with E-state index in [1.807, 2.05) is 0 Å². The summed E-state index contributed by atoms with van der Waals surface area (Å²) in [5.74, 6) is -3.09. The number of para-hydroxylation sites is 6. The number of rotatable bonds is 12. The summed E-state index contributed by atoms with van der Waals surface area (Å²) in [7, 11) is 0. The number of carbonyl (C=O) groups excluding carboxylic acids is 6. The molecule has 14 heteroatoms. The van der Waals surface area contributed by atoms with Crippen LogP contribution in [0.15, 0.2) is 72.8 Å². The van der Waals surface area contributed by atoms with Gasteiger partial charge >= 0.3 is 36.2 Å². The Morgan fingerprint density at radius 1 is 0.511 bits per heavy atom. The van der Waals surface area contributed by atoms with Crippen molar-refractivity contribution in [1.82, 2.24) is 0 Å². The Labute approximate surface area is 256 Å². The van der Waals surface area contributed by atoms with Gasteiger partial charge in [-0.2, -0.15) is 0 Å². The number of hydrogen-bond acceptors (Lipinski definition) is 14. The molecule has 0 saturated heterocycles. The topological polar surface area (TPSA) is 176 Å². The Hall–Kier alpha value is -5.92. The standard InChI is InChI=1S/C31H28O14/c1-19(32)39-23-10-4-7-13-26(23)43-29(35)17-16-22(42-31(37)45-28-15-9-6-12-25(28)41-21(3)34)18-38-30(36)44-27-14-8-5-11-24(27)40-20(2)33/h4-15,22H,16-18H2,1-3H3. The molecule has 0 amide bonds. The van der Waals surface area contributed by atoms with E-state index in [0.717, 1.165) is 6.92 Å². The third-order valence-corrected chi connectivity index (χ3v) is 5.24. The summed E-state index contributed by atoms with van der Waals surface area (Å²) in [6.07, 6.45) is -4.37. The lowest BCUT2D eigenvalue weighted by molar-refractivity contribution is -0.136. The number of hydrogen-bond donors (Lipinski definition) is 0. The van der Waals surface area contributed by atoms with E-state index in [9.17, 15) is 28.8 Å². The molecule has 0 aliphatic rings. The van der Waals surface area contributed by atoms with Gasteiger partial charge in [-0.3, -0.25) is 19.2 Å². The predicted molar refractivity (Wildman–Crippen MR) is 151 cm³/mol. The lowest BCUT2D eigenvalue weighted by Crippen LogP contribution is -2.29. The Morgan fingerprint density at radius 3 is 1.27 bits per heavy atom. The molecule has 0 N–H and O–H groups in total. The quantitative estimate of drug-likeness (QED) is 0.150. The molecule has 0 spiro atoms. The molecule has 1 unspecified atom stereocenters. The van der Waals surface area contributed by atoms with Crippen LogP contribution in [0.1, 0.15) is 33.6 Å². The molecule has 0 bridgehead atoms. The normalized spacial score (nSPS) is 10.8. The molecule has 0 heterocycles. The molecule has 0 saturated carbocycles. The average Bonchev–Trinajstić information content (AvgIpc) is 2.97. The Kier molecular flexibility index (Phi) is 12.4. The van der Waals surface area contributed by atoms with Crippen LogP contribution < -0.4 is 28.4 Å². The van der Waals surface area contributed by atoms with E-state index in [-0.39, 0.29) is 47.3 Å². The fraction of sp³-hybridized carbons (Fsp3) is 0.226.